The Kier molecular flexibility index (Phi) is 9.09. The van der Waals surface area contributed by atoms with E-state index in [2.05, 4.69) is 55.8 Å². The Balaban J connectivity index is 1.04. The van der Waals surface area contributed by atoms with Gasteiger partial charge in [0.2, 0.25) is 23.3 Å². The van der Waals surface area contributed by atoms with Gasteiger partial charge in [-0.05, 0) is 90.7 Å². The van der Waals surface area contributed by atoms with Crippen LogP contribution in [-0.4, -0.2) is 80.3 Å². The van der Waals surface area contributed by atoms with Crippen LogP contribution in [0.15, 0.2) is 59.1 Å². The van der Waals surface area contributed by atoms with E-state index < -0.39 is 5.97 Å². The molecule has 0 amide bonds. The number of ether oxygens (including phenoxy) is 2. The molecule has 2 N–H and O–H groups in total. The van der Waals surface area contributed by atoms with Crippen LogP contribution in [0.25, 0.3) is 38.5 Å². The fourth-order valence-electron chi connectivity index (χ4n) is 7.97. The van der Waals surface area contributed by atoms with Crippen molar-refractivity contribution in [2.75, 3.05) is 33.3 Å². The van der Waals surface area contributed by atoms with Crippen LogP contribution in [0.2, 0.25) is 0 Å². The first-order valence-corrected chi connectivity index (χ1v) is 17.7. The minimum absolute atomic E-state index is 0.189. The zero-order chi connectivity index (χ0) is 35.9. The van der Waals surface area contributed by atoms with Crippen molar-refractivity contribution in [3.63, 3.8) is 0 Å². The summed E-state index contributed by atoms with van der Waals surface area (Å²) in [5, 5.41) is 19.3. The molecule has 2 saturated heterocycles. The minimum atomic E-state index is -0.763. The van der Waals surface area contributed by atoms with Gasteiger partial charge in [0.05, 0.1) is 37.4 Å². The normalized spacial score (nSPS) is 20.3. The lowest BCUT2D eigenvalue weighted by atomic mass is 9.91. The van der Waals surface area contributed by atoms with E-state index in [9.17, 15) is 15.0 Å². The molecular formula is C40H40N6O6. The van der Waals surface area contributed by atoms with Crippen molar-refractivity contribution in [2.24, 2.45) is 5.92 Å². The number of aliphatic hydroxyl groups excluding tert-OH is 1. The van der Waals surface area contributed by atoms with Crippen LogP contribution >= 0.6 is 0 Å². The minimum Gasteiger partial charge on any atom is -0.481 e. The van der Waals surface area contributed by atoms with Crippen LogP contribution in [0, 0.1) is 19.4 Å². The van der Waals surface area contributed by atoms with Crippen LogP contribution in [0.1, 0.15) is 53.3 Å². The van der Waals surface area contributed by atoms with E-state index in [1.807, 2.05) is 24.3 Å². The molecular weight excluding hydrogens is 660 g/mol. The van der Waals surface area contributed by atoms with Crippen molar-refractivity contribution in [1.29, 1.82) is 0 Å². The molecule has 12 nitrogen and oxygen atoms in total. The summed E-state index contributed by atoms with van der Waals surface area (Å²) in [6.07, 6.45) is 4.17. The highest BCUT2D eigenvalue weighted by Crippen LogP contribution is 2.43. The number of hydrogen-bond acceptors (Lipinski definition) is 10. The smallest absolute Gasteiger partial charge is 0.307 e. The maximum absolute atomic E-state index is 11.5. The number of β-amino-alcohol motifs (C(OH)–C–C–N with tert-alkyl or cyclic N) is 1. The lowest BCUT2D eigenvalue weighted by molar-refractivity contribution is -0.141. The van der Waals surface area contributed by atoms with Crippen molar-refractivity contribution < 1.29 is 28.9 Å². The van der Waals surface area contributed by atoms with Gasteiger partial charge < -0.3 is 24.1 Å². The molecule has 0 spiro atoms. The number of hydrogen-bond donors (Lipinski definition) is 2. The first-order chi connectivity index (χ1) is 25.3. The Bertz CT molecular complexity index is 2210. The number of aliphatic carboxylic acids is 1. The fraction of sp³-hybridized carbons (Fsp3) is 0.375. The standard InChI is InChI=1S/C40H40N6O6/c1-23-27(6-4-7-28(23)38-43-33-17-24(16-32(41-2)37(33)52-38)19-45-14-12-25(20-45)40(48)49)29-8-5-9-31-30(29)10-11-35(31)51-36-18-42-34(39(44-36)50-3)22-46-15-13-26(47)21-46/h4-9,16-18,25-26,35,47H,10-15,19-22H2,1,3H3,(H,48,49)/t25-,26-,35-/m1/s1. The summed E-state index contributed by atoms with van der Waals surface area (Å²) in [5.41, 5.74) is 9.49. The second kappa shape index (κ2) is 14.0. The van der Waals surface area contributed by atoms with Gasteiger partial charge in [-0.2, -0.15) is 4.98 Å². The Labute approximate surface area is 301 Å². The summed E-state index contributed by atoms with van der Waals surface area (Å²) < 4.78 is 18.3. The van der Waals surface area contributed by atoms with Gasteiger partial charge in [-0.25, -0.2) is 14.8 Å². The second-order valence-corrected chi connectivity index (χ2v) is 14.0. The van der Waals surface area contributed by atoms with E-state index in [0.717, 1.165) is 64.9 Å². The third-order valence-electron chi connectivity index (χ3n) is 10.6. The predicted octanol–water partition coefficient (Wildman–Crippen LogP) is 6.36. The number of aliphatic hydroxyl groups is 1. The number of carbonyl (C=O) groups is 1. The number of aromatic nitrogens is 3. The number of oxazole rings is 1. The highest BCUT2D eigenvalue weighted by molar-refractivity contribution is 5.90. The van der Waals surface area contributed by atoms with Crippen LogP contribution in [0.5, 0.6) is 11.8 Å². The van der Waals surface area contributed by atoms with Crippen molar-refractivity contribution >= 4 is 22.8 Å². The average molecular weight is 701 g/mol. The molecule has 12 heteroatoms. The van der Waals surface area contributed by atoms with Gasteiger partial charge >= 0.3 is 5.97 Å². The number of likely N-dealkylation sites (tertiary alicyclic amines) is 2. The van der Waals surface area contributed by atoms with Gasteiger partial charge in [-0.1, -0.05) is 30.3 Å². The maximum atomic E-state index is 11.5. The second-order valence-electron chi connectivity index (χ2n) is 14.0. The van der Waals surface area contributed by atoms with Gasteiger partial charge in [0.15, 0.2) is 5.58 Å². The average Bonchev–Trinajstić information content (AvgIpc) is 3.96. The monoisotopic (exact) mass is 700 g/mol. The largest absolute Gasteiger partial charge is 0.481 e. The predicted molar refractivity (Wildman–Crippen MR) is 193 cm³/mol. The van der Waals surface area contributed by atoms with E-state index in [1.54, 1.807) is 13.3 Å². The molecule has 1 aliphatic carbocycles. The highest BCUT2D eigenvalue weighted by atomic mass is 16.5. The molecule has 2 aromatic heterocycles. The van der Waals surface area contributed by atoms with Crippen molar-refractivity contribution in [3.8, 4) is 34.3 Å². The molecule has 0 unspecified atom stereocenters. The van der Waals surface area contributed by atoms with Crippen molar-refractivity contribution in [2.45, 2.75) is 57.9 Å². The van der Waals surface area contributed by atoms with Crippen LogP contribution in [0.3, 0.4) is 0 Å². The molecule has 2 aliphatic heterocycles. The van der Waals surface area contributed by atoms with Crippen LogP contribution < -0.4 is 9.47 Å². The quantitative estimate of drug-likeness (QED) is 0.157. The number of carboxylic acid groups (broad SMARTS) is 1. The number of rotatable bonds is 10. The molecule has 3 aromatic carbocycles. The Hall–Kier alpha value is -5.35. The molecule has 8 rings (SSSR count). The summed E-state index contributed by atoms with van der Waals surface area (Å²) in [4.78, 5) is 33.6. The van der Waals surface area contributed by atoms with E-state index in [4.69, 9.17) is 25.4 Å². The third-order valence-corrected chi connectivity index (χ3v) is 10.6. The highest BCUT2D eigenvalue weighted by Gasteiger charge is 2.30. The molecule has 3 aliphatic rings. The Morgan fingerprint density at radius 3 is 2.58 bits per heavy atom. The summed E-state index contributed by atoms with van der Waals surface area (Å²) in [5.74, 6) is 0.166. The molecule has 0 bridgehead atoms. The lowest BCUT2D eigenvalue weighted by Gasteiger charge is -2.18. The molecule has 52 heavy (non-hydrogen) atoms. The molecule has 3 atom stereocenters. The van der Waals surface area contributed by atoms with Gasteiger partial charge in [-0.15, -0.1) is 0 Å². The molecule has 5 aromatic rings. The first-order valence-electron chi connectivity index (χ1n) is 17.7. The summed E-state index contributed by atoms with van der Waals surface area (Å²) in [6, 6.07) is 16.2. The van der Waals surface area contributed by atoms with E-state index in [1.165, 1.54) is 5.56 Å². The van der Waals surface area contributed by atoms with E-state index in [-0.39, 0.29) is 18.1 Å². The van der Waals surface area contributed by atoms with Crippen LogP contribution in [-0.2, 0) is 24.3 Å². The maximum Gasteiger partial charge on any atom is 0.307 e. The summed E-state index contributed by atoms with van der Waals surface area (Å²) in [6.45, 7) is 13.7. The summed E-state index contributed by atoms with van der Waals surface area (Å²) in [7, 11) is 1.58. The SMILES string of the molecule is [C-]#[N+]c1cc(CN2CC[C@@H](C(=O)O)C2)cc2nc(-c3cccc(-c4cccc5c4CC[C@H]5Oc4cnc(CN5CC[C@@H](O)C5)c(OC)n4)c3C)oc12. The molecule has 0 saturated carbocycles. The fourth-order valence-corrected chi connectivity index (χ4v) is 7.97. The van der Waals surface area contributed by atoms with Gasteiger partial charge in [0.1, 0.15) is 11.8 Å². The van der Waals surface area contributed by atoms with Crippen LogP contribution in [0.4, 0.5) is 5.69 Å². The third kappa shape index (κ3) is 6.47. The molecule has 266 valence electrons. The first kappa shape index (κ1) is 33.8. The molecule has 0 radical (unpaired) electrons. The van der Waals surface area contributed by atoms with Crippen molar-refractivity contribution in [1.82, 2.24) is 24.8 Å². The topological polar surface area (TPSA) is 139 Å². The zero-order valence-electron chi connectivity index (χ0n) is 29.2. The Morgan fingerprint density at radius 1 is 1.02 bits per heavy atom. The molecule has 4 heterocycles. The number of nitrogens with zero attached hydrogens (tertiary/aromatic N) is 6. The van der Waals surface area contributed by atoms with E-state index in [0.29, 0.717) is 73.6 Å². The van der Waals surface area contributed by atoms with Gasteiger partial charge in [0.25, 0.3) is 0 Å². The zero-order valence-corrected chi connectivity index (χ0v) is 29.2. The van der Waals surface area contributed by atoms with Crippen molar-refractivity contribution in [3.05, 3.63) is 94.1 Å². The number of benzene rings is 3. The Morgan fingerprint density at radius 2 is 1.81 bits per heavy atom. The van der Waals surface area contributed by atoms with Gasteiger partial charge in [-0.3, -0.25) is 14.6 Å². The number of methoxy groups -OCH3 is 1. The number of fused-ring (bicyclic) bond motifs is 2. The van der Waals surface area contributed by atoms with Gasteiger partial charge in [0, 0.05) is 38.3 Å². The van der Waals surface area contributed by atoms with E-state index >= 15 is 0 Å². The summed E-state index contributed by atoms with van der Waals surface area (Å²) >= 11 is 0. The lowest BCUT2D eigenvalue weighted by Crippen LogP contribution is -2.22. The number of carboxylic acids is 1. The molecule has 2 fully saturated rings.